The van der Waals surface area contributed by atoms with E-state index in [1.165, 1.54) is 17.1 Å². The zero-order chi connectivity index (χ0) is 17.9. The molecule has 2 aromatic rings. The van der Waals surface area contributed by atoms with Gasteiger partial charge in [0.15, 0.2) is 0 Å². The Bertz CT molecular complexity index is 828. The molecule has 1 unspecified atom stereocenters. The van der Waals surface area contributed by atoms with E-state index in [0.29, 0.717) is 18.1 Å². The average Bonchev–Trinajstić information content (AvgIpc) is 3.03. The third-order valence-corrected chi connectivity index (χ3v) is 5.92. The maximum absolute atomic E-state index is 12.3. The number of halogens is 2. The van der Waals surface area contributed by atoms with Crippen molar-refractivity contribution in [3.63, 3.8) is 0 Å². The van der Waals surface area contributed by atoms with Crippen molar-refractivity contribution in [1.29, 1.82) is 0 Å². The molecule has 1 saturated heterocycles. The quantitative estimate of drug-likeness (QED) is 0.739. The van der Waals surface area contributed by atoms with Gasteiger partial charge in [0.1, 0.15) is 4.90 Å². The SMILES string of the molecule is Cl.Cn1cc(S(=O)(=O)NCCN2CCNCC2c2cccc(Cl)c2)cn1. The standard InChI is InChI=1S/C16H22ClN5O2S.ClH/c1-21-12-15(10-19-21)25(23,24)20-6-8-22-7-5-18-11-16(22)13-3-2-4-14(17)9-13;/h2-4,9-10,12,16,18,20H,5-8,11H2,1H3;1H. The molecule has 144 valence electrons. The van der Waals surface area contributed by atoms with Gasteiger partial charge in [0.2, 0.25) is 10.0 Å². The van der Waals surface area contributed by atoms with Gasteiger partial charge in [-0.05, 0) is 17.7 Å². The highest BCUT2D eigenvalue weighted by molar-refractivity contribution is 7.89. The number of benzene rings is 1. The largest absolute Gasteiger partial charge is 0.314 e. The van der Waals surface area contributed by atoms with E-state index < -0.39 is 10.0 Å². The summed E-state index contributed by atoms with van der Waals surface area (Å²) < 4.78 is 28.7. The summed E-state index contributed by atoms with van der Waals surface area (Å²) in [5, 5.41) is 8.00. The van der Waals surface area contributed by atoms with E-state index in [2.05, 4.69) is 26.1 Å². The fraction of sp³-hybridized carbons (Fsp3) is 0.438. The van der Waals surface area contributed by atoms with Gasteiger partial charge in [0.05, 0.1) is 6.20 Å². The zero-order valence-corrected chi connectivity index (χ0v) is 16.8. The molecule has 1 aliphatic heterocycles. The molecule has 2 heterocycles. The Morgan fingerprint density at radius 3 is 2.92 bits per heavy atom. The molecule has 1 aromatic heterocycles. The van der Waals surface area contributed by atoms with Gasteiger partial charge in [0, 0.05) is 57.0 Å². The highest BCUT2D eigenvalue weighted by Crippen LogP contribution is 2.24. The predicted molar refractivity (Wildman–Crippen MR) is 104 cm³/mol. The molecule has 26 heavy (non-hydrogen) atoms. The van der Waals surface area contributed by atoms with Crippen LogP contribution in [0.4, 0.5) is 0 Å². The number of hydrogen-bond donors (Lipinski definition) is 2. The smallest absolute Gasteiger partial charge is 0.243 e. The molecular weight excluding hydrogens is 397 g/mol. The molecule has 1 atom stereocenters. The van der Waals surface area contributed by atoms with Gasteiger partial charge in [-0.25, -0.2) is 13.1 Å². The summed E-state index contributed by atoms with van der Waals surface area (Å²) in [7, 11) is -1.84. The Hall–Kier alpha value is -1.16. The Morgan fingerprint density at radius 2 is 2.23 bits per heavy atom. The molecule has 2 N–H and O–H groups in total. The lowest BCUT2D eigenvalue weighted by molar-refractivity contribution is 0.165. The van der Waals surface area contributed by atoms with Gasteiger partial charge < -0.3 is 5.32 Å². The van der Waals surface area contributed by atoms with E-state index in [9.17, 15) is 8.42 Å². The lowest BCUT2D eigenvalue weighted by Crippen LogP contribution is -2.48. The second kappa shape index (κ2) is 9.16. The molecule has 1 fully saturated rings. The molecule has 10 heteroatoms. The maximum atomic E-state index is 12.3. The number of piperazine rings is 1. The fourth-order valence-electron chi connectivity index (χ4n) is 3.00. The lowest BCUT2D eigenvalue weighted by atomic mass is 10.0. The Balaban J connectivity index is 0.00000243. The minimum absolute atomic E-state index is 0. The molecule has 0 saturated carbocycles. The first-order valence-corrected chi connectivity index (χ1v) is 10.0. The van der Waals surface area contributed by atoms with Gasteiger partial charge in [0.25, 0.3) is 0 Å². The average molecular weight is 420 g/mol. The van der Waals surface area contributed by atoms with Gasteiger partial charge in [-0.3, -0.25) is 9.58 Å². The summed E-state index contributed by atoms with van der Waals surface area (Å²) in [6, 6.07) is 7.99. The topological polar surface area (TPSA) is 79.3 Å². The van der Waals surface area contributed by atoms with Crippen LogP contribution in [0.15, 0.2) is 41.6 Å². The van der Waals surface area contributed by atoms with Crippen molar-refractivity contribution < 1.29 is 8.42 Å². The summed E-state index contributed by atoms with van der Waals surface area (Å²) >= 11 is 6.11. The first kappa shape index (κ1) is 21.1. The molecule has 0 radical (unpaired) electrons. The first-order valence-electron chi connectivity index (χ1n) is 8.14. The van der Waals surface area contributed by atoms with Crippen LogP contribution in [0, 0.1) is 0 Å². The van der Waals surface area contributed by atoms with Gasteiger partial charge >= 0.3 is 0 Å². The normalized spacial score (nSPS) is 18.5. The van der Waals surface area contributed by atoms with Crippen LogP contribution in [0.5, 0.6) is 0 Å². The van der Waals surface area contributed by atoms with E-state index >= 15 is 0 Å². The molecule has 1 aromatic carbocycles. The number of nitrogens with zero attached hydrogens (tertiary/aromatic N) is 3. The van der Waals surface area contributed by atoms with Crippen LogP contribution in [0.1, 0.15) is 11.6 Å². The summed E-state index contributed by atoms with van der Waals surface area (Å²) in [5.41, 5.74) is 1.13. The lowest BCUT2D eigenvalue weighted by Gasteiger charge is -2.36. The molecular formula is C16H23Cl2N5O2S. The highest BCUT2D eigenvalue weighted by atomic mass is 35.5. The second-order valence-electron chi connectivity index (χ2n) is 6.06. The maximum Gasteiger partial charge on any atom is 0.243 e. The zero-order valence-electron chi connectivity index (χ0n) is 14.4. The third kappa shape index (κ3) is 5.18. The second-order valence-corrected chi connectivity index (χ2v) is 8.26. The van der Waals surface area contributed by atoms with Crippen LogP contribution < -0.4 is 10.0 Å². The molecule has 0 spiro atoms. The van der Waals surface area contributed by atoms with E-state index in [-0.39, 0.29) is 23.3 Å². The number of aryl methyl sites for hydroxylation is 1. The Kier molecular flexibility index (Phi) is 7.45. The van der Waals surface area contributed by atoms with E-state index in [1.54, 1.807) is 7.05 Å². The van der Waals surface area contributed by atoms with Crippen LogP contribution in [-0.2, 0) is 17.1 Å². The number of sulfonamides is 1. The number of nitrogens with one attached hydrogen (secondary N) is 2. The van der Waals surface area contributed by atoms with Crippen molar-refractivity contribution >= 4 is 34.0 Å². The van der Waals surface area contributed by atoms with Crippen molar-refractivity contribution in [3.8, 4) is 0 Å². The van der Waals surface area contributed by atoms with Crippen molar-refractivity contribution in [2.24, 2.45) is 7.05 Å². The molecule has 0 aliphatic carbocycles. The summed E-state index contributed by atoms with van der Waals surface area (Å²) in [5.74, 6) is 0. The fourth-order valence-corrected chi connectivity index (χ4v) is 4.20. The summed E-state index contributed by atoms with van der Waals surface area (Å²) in [6.07, 6.45) is 2.84. The number of hydrogen-bond acceptors (Lipinski definition) is 5. The predicted octanol–water partition coefficient (Wildman–Crippen LogP) is 1.42. The van der Waals surface area contributed by atoms with Crippen LogP contribution in [-0.4, -0.2) is 55.8 Å². The van der Waals surface area contributed by atoms with Crippen LogP contribution >= 0.6 is 24.0 Å². The number of rotatable bonds is 6. The van der Waals surface area contributed by atoms with Crippen LogP contribution in [0.25, 0.3) is 0 Å². The van der Waals surface area contributed by atoms with Gasteiger partial charge in [-0.15, -0.1) is 12.4 Å². The third-order valence-electron chi connectivity index (χ3n) is 4.27. The molecule has 1 aliphatic rings. The van der Waals surface area contributed by atoms with Crippen molar-refractivity contribution in [2.75, 3.05) is 32.7 Å². The number of aromatic nitrogens is 2. The van der Waals surface area contributed by atoms with Crippen molar-refractivity contribution in [3.05, 3.63) is 47.2 Å². The molecule has 0 amide bonds. The van der Waals surface area contributed by atoms with Gasteiger partial charge in [-0.2, -0.15) is 5.10 Å². The van der Waals surface area contributed by atoms with E-state index in [0.717, 1.165) is 25.2 Å². The van der Waals surface area contributed by atoms with Gasteiger partial charge in [-0.1, -0.05) is 23.7 Å². The highest BCUT2D eigenvalue weighted by Gasteiger charge is 2.24. The van der Waals surface area contributed by atoms with Crippen molar-refractivity contribution in [2.45, 2.75) is 10.9 Å². The summed E-state index contributed by atoms with van der Waals surface area (Å²) in [4.78, 5) is 2.45. The van der Waals surface area contributed by atoms with Crippen LogP contribution in [0.3, 0.4) is 0 Å². The van der Waals surface area contributed by atoms with E-state index in [4.69, 9.17) is 11.6 Å². The first-order chi connectivity index (χ1) is 12.0. The van der Waals surface area contributed by atoms with E-state index in [1.807, 2.05) is 18.2 Å². The minimum atomic E-state index is -3.53. The minimum Gasteiger partial charge on any atom is -0.314 e. The Labute approximate surface area is 165 Å². The molecule has 0 bridgehead atoms. The monoisotopic (exact) mass is 419 g/mol. The Morgan fingerprint density at radius 1 is 1.42 bits per heavy atom. The van der Waals surface area contributed by atoms with Crippen LogP contribution in [0.2, 0.25) is 5.02 Å². The molecule has 3 rings (SSSR count). The molecule has 7 nitrogen and oxygen atoms in total. The van der Waals surface area contributed by atoms with Crippen molar-refractivity contribution in [1.82, 2.24) is 24.7 Å². The summed E-state index contributed by atoms with van der Waals surface area (Å²) in [6.45, 7) is 3.51.